The molecule has 0 heterocycles. The smallest absolute Gasteiger partial charge is 0.202 e. The molecule has 0 amide bonds. The summed E-state index contributed by atoms with van der Waals surface area (Å²) in [6.45, 7) is 3.78. The van der Waals surface area contributed by atoms with E-state index in [9.17, 15) is 24.9 Å². The number of methoxy groups -OCH3 is 1. The number of hydrogen-bond acceptors (Lipinski definition) is 6. The maximum atomic E-state index is 13.3. The Morgan fingerprint density at radius 1 is 1.03 bits per heavy atom. The molecule has 0 radical (unpaired) electrons. The molecule has 6 nitrogen and oxygen atoms in total. The summed E-state index contributed by atoms with van der Waals surface area (Å²) in [7, 11) is 1.41. The zero-order valence-electron chi connectivity index (χ0n) is 17.2. The van der Waals surface area contributed by atoms with E-state index in [1.165, 1.54) is 13.2 Å². The van der Waals surface area contributed by atoms with Crippen LogP contribution in [-0.4, -0.2) is 40.6 Å². The molecule has 1 atom stereocenters. The number of aliphatic hydroxyl groups excluding tert-OH is 1. The number of phenolic OH excluding ortho intramolecular Hbond substituents is 2. The van der Waals surface area contributed by atoms with Gasteiger partial charge in [0.15, 0.2) is 5.78 Å². The normalized spacial score (nSPS) is 17.1. The Balaban J connectivity index is 1.92. The van der Waals surface area contributed by atoms with Gasteiger partial charge in [-0.1, -0.05) is 17.7 Å². The van der Waals surface area contributed by atoms with Gasteiger partial charge in [-0.3, -0.25) is 9.59 Å². The predicted octanol–water partition coefficient (Wildman–Crippen LogP) is 3.32. The minimum atomic E-state index is -0.532. The van der Waals surface area contributed by atoms with Crippen LogP contribution in [0.1, 0.15) is 63.2 Å². The predicted molar refractivity (Wildman–Crippen MR) is 111 cm³/mol. The number of phenols is 2. The van der Waals surface area contributed by atoms with E-state index in [0.717, 1.165) is 11.1 Å². The highest BCUT2D eigenvalue weighted by Crippen LogP contribution is 2.48. The molecule has 0 fully saturated rings. The van der Waals surface area contributed by atoms with E-state index in [4.69, 9.17) is 4.74 Å². The highest BCUT2D eigenvalue weighted by molar-refractivity contribution is 6.31. The highest BCUT2D eigenvalue weighted by Gasteiger charge is 2.40. The summed E-state index contributed by atoms with van der Waals surface area (Å²) in [6.07, 6.45) is 1.49. The number of hydrogen-bond donors (Lipinski definition) is 3. The van der Waals surface area contributed by atoms with Gasteiger partial charge in [0, 0.05) is 16.7 Å². The van der Waals surface area contributed by atoms with E-state index >= 15 is 0 Å². The van der Waals surface area contributed by atoms with Crippen LogP contribution in [0.25, 0.3) is 0 Å². The molecule has 0 spiro atoms. The average Bonchev–Trinajstić information content (AvgIpc) is 2.74. The Bertz CT molecular complexity index is 1120. The average molecular weight is 408 g/mol. The van der Waals surface area contributed by atoms with E-state index in [1.807, 2.05) is 13.8 Å². The first-order chi connectivity index (χ1) is 14.3. The van der Waals surface area contributed by atoms with Crippen molar-refractivity contribution < 1.29 is 29.6 Å². The lowest BCUT2D eigenvalue weighted by Gasteiger charge is -2.31. The Kier molecular flexibility index (Phi) is 4.90. The number of fused-ring (bicyclic) bond motifs is 3. The number of aliphatic hydroxyl groups is 1. The van der Waals surface area contributed by atoms with Crippen LogP contribution in [0.15, 0.2) is 29.3 Å². The van der Waals surface area contributed by atoms with Crippen LogP contribution in [0, 0.1) is 5.92 Å². The second-order valence-corrected chi connectivity index (χ2v) is 8.07. The molecule has 0 saturated carbocycles. The molecule has 4 rings (SSSR count). The highest BCUT2D eigenvalue weighted by atomic mass is 16.5. The van der Waals surface area contributed by atoms with Gasteiger partial charge in [-0.05, 0) is 50.7 Å². The molecule has 2 aromatic rings. The van der Waals surface area contributed by atoms with Crippen LogP contribution < -0.4 is 4.74 Å². The lowest BCUT2D eigenvalue weighted by Crippen LogP contribution is -2.26. The van der Waals surface area contributed by atoms with Crippen molar-refractivity contribution in [3.63, 3.8) is 0 Å². The van der Waals surface area contributed by atoms with Gasteiger partial charge < -0.3 is 20.1 Å². The van der Waals surface area contributed by atoms with Crippen molar-refractivity contribution >= 4 is 11.6 Å². The van der Waals surface area contributed by atoms with Crippen LogP contribution in [0.4, 0.5) is 0 Å². The Labute approximate surface area is 174 Å². The largest absolute Gasteiger partial charge is 0.507 e. The monoisotopic (exact) mass is 408 g/mol. The van der Waals surface area contributed by atoms with E-state index in [0.29, 0.717) is 30.4 Å². The minimum absolute atomic E-state index is 0.00220. The molecule has 0 bridgehead atoms. The number of benzene rings is 2. The van der Waals surface area contributed by atoms with Gasteiger partial charge in [-0.15, -0.1) is 0 Å². The Morgan fingerprint density at radius 3 is 2.33 bits per heavy atom. The Hall–Kier alpha value is -3.12. The van der Waals surface area contributed by atoms with Crippen LogP contribution >= 0.6 is 0 Å². The van der Waals surface area contributed by atoms with Crippen molar-refractivity contribution in [1.82, 2.24) is 0 Å². The molecule has 0 aromatic heterocycles. The fourth-order valence-electron chi connectivity index (χ4n) is 4.80. The lowest BCUT2D eigenvalue weighted by molar-refractivity contribution is 0.0971. The van der Waals surface area contributed by atoms with Crippen molar-refractivity contribution in [3.05, 3.63) is 62.7 Å². The van der Waals surface area contributed by atoms with E-state index in [1.54, 1.807) is 12.1 Å². The molecule has 0 aliphatic heterocycles. The third-order valence-electron chi connectivity index (χ3n) is 6.33. The van der Waals surface area contributed by atoms with E-state index in [2.05, 4.69) is 0 Å². The summed E-state index contributed by atoms with van der Waals surface area (Å²) in [4.78, 5) is 26.5. The first-order valence-electron chi connectivity index (χ1n) is 9.94. The van der Waals surface area contributed by atoms with Gasteiger partial charge in [0.25, 0.3) is 0 Å². The molecule has 6 heteroatoms. The molecule has 2 aliphatic rings. The number of rotatable bonds is 3. The molecule has 1 unspecified atom stereocenters. The third kappa shape index (κ3) is 2.75. The van der Waals surface area contributed by atoms with Crippen molar-refractivity contribution in [3.8, 4) is 17.2 Å². The maximum absolute atomic E-state index is 13.3. The number of carbonyl (C=O) groups excluding carboxylic acids is 2. The van der Waals surface area contributed by atoms with Gasteiger partial charge >= 0.3 is 0 Å². The van der Waals surface area contributed by atoms with Crippen molar-refractivity contribution in [2.24, 2.45) is 5.92 Å². The quantitative estimate of drug-likeness (QED) is 0.454. The fourth-order valence-corrected chi connectivity index (χ4v) is 4.80. The van der Waals surface area contributed by atoms with Crippen LogP contribution in [0.3, 0.4) is 0 Å². The molecule has 2 aliphatic carbocycles. The second-order valence-electron chi connectivity index (χ2n) is 8.07. The summed E-state index contributed by atoms with van der Waals surface area (Å²) >= 11 is 0. The van der Waals surface area contributed by atoms with Gasteiger partial charge in [0.05, 0.1) is 30.4 Å². The summed E-state index contributed by atoms with van der Waals surface area (Å²) in [6, 6.07) is 4.72. The number of aromatic hydroxyl groups is 2. The number of carbonyl (C=O) groups is 2. The summed E-state index contributed by atoms with van der Waals surface area (Å²) in [5.41, 5.74) is 2.82. The Morgan fingerprint density at radius 2 is 1.70 bits per heavy atom. The first-order valence-corrected chi connectivity index (χ1v) is 9.94. The summed E-state index contributed by atoms with van der Waals surface area (Å²) < 4.78 is 5.26. The first kappa shape index (κ1) is 20.2. The second kappa shape index (κ2) is 7.29. The van der Waals surface area contributed by atoms with Crippen molar-refractivity contribution in [1.29, 1.82) is 0 Å². The van der Waals surface area contributed by atoms with Gasteiger partial charge in [-0.25, -0.2) is 0 Å². The van der Waals surface area contributed by atoms with Gasteiger partial charge in [0.1, 0.15) is 17.2 Å². The fraction of sp³-hybridized carbons (Fsp3) is 0.333. The van der Waals surface area contributed by atoms with Crippen LogP contribution in [0.5, 0.6) is 17.2 Å². The maximum Gasteiger partial charge on any atom is 0.202 e. The molecular weight excluding hydrogens is 384 g/mol. The number of ether oxygens (including phenoxy) is 1. The van der Waals surface area contributed by atoms with Gasteiger partial charge in [-0.2, -0.15) is 0 Å². The van der Waals surface area contributed by atoms with E-state index in [-0.39, 0.29) is 52.0 Å². The minimum Gasteiger partial charge on any atom is -0.507 e. The van der Waals surface area contributed by atoms with Crippen LogP contribution in [-0.2, 0) is 12.8 Å². The SMILES string of the molecule is COc1cccc2c1C(=O)c1c(O)c3c(c(O)c1C2=O)CC(C(CO)=C(C)C)CC3. The number of allylic oxidation sites excluding steroid dienone is 1. The summed E-state index contributed by atoms with van der Waals surface area (Å²) in [5.74, 6) is -1.29. The molecule has 156 valence electrons. The van der Waals surface area contributed by atoms with E-state index < -0.39 is 11.6 Å². The zero-order valence-corrected chi connectivity index (χ0v) is 17.2. The van der Waals surface area contributed by atoms with Crippen LogP contribution in [0.2, 0.25) is 0 Å². The zero-order chi connectivity index (χ0) is 21.7. The molecular formula is C24H24O6. The topological polar surface area (TPSA) is 104 Å². The summed E-state index contributed by atoms with van der Waals surface area (Å²) in [5, 5.41) is 31.8. The number of ketones is 2. The third-order valence-corrected chi connectivity index (χ3v) is 6.33. The molecule has 30 heavy (non-hydrogen) atoms. The lowest BCUT2D eigenvalue weighted by atomic mass is 9.73. The molecule has 3 N–H and O–H groups in total. The van der Waals surface area contributed by atoms with Crippen molar-refractivity contribution in [2.75, 3.05) is 13.7 Å². The van der Waals surface area contributed by atoms with Gasteiger partial charge in [0.2, 0.25) is 5.78 Å². The van der Waals surface area contributed by atoms with Crippen molar-refractivity contribution in [2.45, 2.75) is 33.1 Å². The molecule has 2 aromatic carbocycles. The standard InChI is InChI=1S/C24H24O6/c1-11(2)16(10-25)12-7-8-13-15(9-12)23(28)19-20(21(13)26)24(29)18-14(22(19)27)5-4-6-17(18)30-3/h4-6,12,25-26,28H,7-10H2,1-3H3. The molecule has 0 saturated heterocycles.